The van der Waals surface area contributed by atoms with Gasteiger partial charge in [-0.2, -0.15) is 0 Å². The van der Waals surface area contributed by atoms with Gasteiger partial charge in [-0.05, 0) is 19.8 Å². The predicted molar refractivity (Wildman–Crippen MR) is 66.8 cm³/mol. The monoisotopic (exact) mass is 223 g/mol. The van der Waals surface area contributed by atoms with Crippen molar-refractivity contribution >= 4 is 7.28 Å². The van der Waals surface area contributed by atoms with Crippen LogP contribution in [0.2, 0.25) is 5.82 Å². The van der Waals surface area contributed by atoms with Gasteiger partial charge >= 0.3 is 0 Å². The van der Waals surface area contributed by atoms with Crippen LogP contribution in [-0.4, -0.2) is 30.6 Å². The number of hydrogen-bond donors (Lipinski definition) is 1. The van der Waals surface area contributed by atoms with E-state index in [2.05, 4.69) is 7.28 Å². The third kappa shape index (κ3) is 4.46. The Kier molecular flexibility index (Phi) is 4.31. The smallest absolute Gasteiger partial charge is 0.156 e. The van der Waals surface area contributed by atoms with Crippen LogP contribution in [-0.2, 0) is 4.74 Å². The molecule has 0 bridgehead atoms. The third-order valence-electron chi connectivity index (χ3n) is 3.93. The van der Waals surface area contributed by atoms with Crippen molar-refractivity contribution in [1.29, 1.82) is 0 Å². The number of rotatable bonds is 2. The minimum atomic E-state index is -0.419. The molecule has 2 aliphatic rings. The van der Waals surface area contributed by atoms with Gasteiger partial charge in [0.2, 0.25) is 0 Å². The van der Waals surface area contributed by atoms with Crippen LogP contribution in [0.4, 0.5) is 0 Å². The van der Waals surface area contributed by atoms with Crippen molar-refractivity contribution in [3.05, 3.63) is 0 Å². The van der Waals surface area contributed by atoms with E-state index in [0.717, 1.165) is 31.7 Å². The van der Waals surface area contributed by atoms with Crippen molar-refractivity contribution in [3.63, 3.8) is 0 Å². The van der Waals surface area contributed by atoms with E-state index in [-0.39, 0.29) is 0 Å². The second-order valence-corrected chi connectivity index (χ2v) is 5.81. The fraction of sp³-hybridized carbons (Fsp3) is 1.00. The Morgan fingerprint density at radius 1 is 1.12 bits per heavy atom. The highest BCUT2D eigenvalue weighted by Crippen LogP contribution is 2.31. The first kappa shape index (κ1) is 12.4. The number of hydrogen-bond acceptors (Lipinski definition) is 2. The summed E-state index contributed by atoms with van der Waals surface area (Å²) in [6, 6.07) is 0.452. The summed E-state index contributed by atoms with van der Waals surface area (Å²) in [6.07, 6.45) is 9.41. The highest BCUT2D eigenvalue weighted by Gasteiger charge is 2.28. The van der Waals surface area contributed by atoms with Crippen molar-refractivity contribution in [2.24, 2.45) is 0 Å². The van der Waals surface area contributed by atoms with E-state index in [1.807, 2.05) is 6.92 Å². The first-order valence-electron chi connectivity index (χ1n) is 6.85. The highest BCUT2D eigenvalue weighted by molar-refractivity contribution is 6.40. The van der Waals surface area contributed by atoms with Gasteiger partial charge in [-0.25, -0.2) is 0 Å². The maximum Gasteiger partial charge on any atom is 0.156 e. The van der Waals surface area contributed by atoms with Crippen LogP contribution in [0.15, 0.2) is 0 Å². The molecule has 3 heteroatoms. The summed E-state index contributed by atoms with van der Waals surface area (Å²) in [5.74, 6) is 0.724. The molecule has 0 aromatic heterocycles. The van der Waals surface area contributed by atoms with Crippen LogP contribution in [0.1, 0.15) is 58.3 Å². The summed E-state index contributed by atoms with van der Waals surface area (Å²) in [7, 11) is 2.40. The summed E-state index contributed by atoms with van der Waals surface area (Å²) in [4.78, 5) is 0. The van der Waals surface area contributed by atoms with Crippen LogP contribution in [0.5, 0.6) is 0 Å². The van der Waals surface area contributed by atoms with E-state index in [0.29, 0.717) is 6.00 Å². The Morgan fingerprint density at radius 3 is 2.56 bits per heavy atom. The van der Waals surface area contributed by atoms with Gasteiger partial charge in [0.15, 0.2) is 7.28 Å². The standard InChI is InChI=1S/C13H24BO2/c1-13(15)8-4-2-3-6-11(7-5-9-13)14-12-10-16-12/h11-12,15H,2-10H2,1H3. The van der Waals surface area contributed by atoms with Crippen molar-refractivity contribution in [2.75, 3.05) is 6.61 Å². The fourth-order valence-electron chi connectivity index (χ4n) is 2.77. The second-order valence-electron chi connectivity index (χ2n) is 5.81. The number of epoxide rings is 1. The molecule has 2 nitrogen and oxygen atoms in total. The van der Waals surface area contributed by atoms with E-state index in [4.69, 9.17) is 4.74 Å². The Morgan fingerprint density at radius 2 is 1.81 bits per heavy atom. The normalized spacial score (nSPS) is 41.4. The summed E-state index contributed by atoms with van der Waals surface area (Å²) >= 11 is 0. The molecule has 2 fully saturated rings. The van der Waals surface area contributed by atoms with Gasteiger partial charge in [0.25, 0.3) is 0 Å². The summed E-state index contributed by atoms with van der Waals surface area (Å²) in [5, 5.41) is 10.1. The molecule has 0 aromatic rings. The minimum absolute atomic E-state index is 0.419. The highest BCUT2D eigenvalue weighted by atomic mass is 16.6. The molecule has 3 unspecified atom stereocenters. The second kappa shape index (κ2) is 5.55. The van der Waals surface area contributed by atoms with Gasteiger partial charge in [-0.1, -0.05) is 44.3 Å². The molecular formula is C13H24BO2. The first-order chi connectivity index (χ1) is 7.66. The zero-order chi connectivity index (χ0) is 11.4. The molecule has 3 atom stereocenters. The molecule has 16 heavy (non-hydrogen) atoms. The molecule has 1 heterocycles. The topological polar surface area (TPSA) is 32.8 Å². The Balaban J connectivity index is 1.77. The van der Waals surface area contributed by atoms with Crippen LogP contribution in [0.3, 0.4) is 0 Å². The molecule has 1 saturated carbocycles. The van der Waals surface area contributed by atoms with Gasteiger partial charge in [0.05, 0.1) is 12.2 Å². The molecular weight excluding hydrogens is 199 g/mol. The molecule has 2 rings (SSSR count). The predicted octanol–water partition coefficient (Wildman–Crippen LogP) is 2.72. The Labute approximate surface area is 100 Å². The van der Waals surface area contributed by atoms with E-state index >= 15 is 0 Å². The average Bonchev–Trinajstić information content (AvgIpc) is 3.00. The van der Waals surface area contributed by atoms with Crippen LogP contribution in [0, 0.1) is 0 Å². The van der Waals surface area contributed by atoms with E-state index < -0.39 is 5.60 Å². The van der Waals surface area contributed by atoms with Crippen LogP contribution < -0.4 is 0 Å². The maximum atomic E-state index is 10.1. The largest absolute Gasteiger partial charge is 0.390 e. The lowest BCUT2D eigenvalue weighted by Gasteiger charge is -2.26. The van der Waals surface area contributed by atoms with Crippen LogP contribution in [0.25, 0.3) is 0 Å². The molecule has 1 aliphatic heterocycles. The molecule has 1 radical (unpaired) electrons. The van der Waals surface area contributed by atoms with Gasteiger partial charge < -0.3 is 9.84 Å². The SMILES string of the molecule is CC1(O)CCCCCC([B]C2CO2)CCC1. The lowest BCUT2D eigenvalue weighted by molar-refractivity contribution is 0.0356. The van der Waals surface area contributed by atoms with Crippen molar-refractivity contribution in [1.82, 2.24) is 0 Å². The van der Waals surface area contributed by atoms with E-state index in [9.17, 15) is 5.11 Å². The van der Waals surface area contributed by atoms with Crippen molar-refractivity contribution < 1.29 is 9.84 Å². The third-order valence-corrected chi connectivity index (χ3v) is 3.93. The zero-order valence-electron chi connectivity index (χ0n) is 10.5. The fourth-order valence-corrected chi connectivity index (χ4v) is 2.77. The van der Waals surface area contributed by atoms with Gasteiger partial charge in [0.1, 0.15) is 0 Å². The average molecular weight is 223 g/mol. The molecule has 1 N–H and O–H groups in total. The van der Waals surface area contributed by atoms with Crippen molar-refractivity contribution in [2.45, 2.75) is 75.7 Å². The lowest BCUT2D eigenvalue weighted by atomic mass is 9.58. The zero-order valence-corrected chi connectivity index (χ0v) is 10.5. The molecule has 0 aromatic carbocycles. The van der Waals surface area contributed by atoms with Gasteiger partial charge in [-0.3, -0.25) is 0 Å². The molecule has 0 spiro atoms. The first-order valence-corrected chi connectivity index (χ1v) is 6.85. The molecule has 91 valence electrons. The van der Waals surface area contributed by atoms with Crippen molar-refractivity contribution in [3.8, 4) is 0 Å². The Bertz CT molecular complexity index is 214. The summed E-state index contributed by atoms with van der Waals surface area (Å²) < 4.78 is 5.28. The molecule has 0 amide bonds. The van der Waals surface area contributed by atoms with Crippen LogP contribution >= 0.6 is 0 Å². The quantitative estimate of drug-likeness (QED) is 0.576. The summed E-state index contributed by atoms with van der Waals surface area (Å²) in [5.41, 5.74) is -0.419. The van der Waals surface area contributed by atoms with Gasteiger partial charge in [-0.15, -0.1) is 0 Å². The number of ether oxygens (including phenoxy) is 1. The molecule has 1 aliphatic carbocycles. The Hall–Kier alpha value is -0.0151. The number of aliphatic hydroxyl groups is 1. The lowest BCUT2D eigenvalue weighted by Crippen LogP contribution is -2.24. The summed E-state index contributed by atoms with van der Waals surface area (Å²) in [6.45, 7) is 2.94. The maximum absolute atomic E-state index is 10.1. The van der Waals surface area contributed by atoms with E-state index in [1.54, 1.807) is 0 Å². The van der Waals surface area contributed by atoms with E-state index in [1.165, 1.54) is 32.1 Å². The van der Waals surface area contributed by atoms with Gasteiger partial charge in [0, 0.05) is 6.00 Å². The molecule has 1 saturated heterocycles. The minimum Gasteiger partial charge on any atom is -0.390 e.